The first-order valence-corrected chi connectivity index (χ1v) is 10.2. The number of esters is 1. The van der Waals surface area contributed by atoms with Crippen molar-refractivity contribution in [1.82, 2.24) is 5.43 Å². The van der Waals surface area contributed by atoms with Crippen molar-refractivity contribution in [3.8, 4) is 17.2 Å². The number of carbonyl (C=O) groups excluding carboxylic acids is 2. The smallest absolute Gasteiger partial charge is 0.343 e. The number of amides is 1. The Hall–Kier alpha value is -3.36. The van der Waals surface area contributed by atoms with Crippen molar-refractivity contribution >= 4 is 45.6 Å². The minimum Gasteiger partial charge on any atom is -0.454 e. The molecule has 0 spiro atoms. The van der Waals surface area contributed by atoms with E-state index in [2.05, 4.69) is 26.5 Å². The van der Waals surface area contributed by atoms with E-state index >= 15 is 0 Å². The Bertz CT molecular complexity index is 1180. The van der Waals surface area contributed by atoms with Crippen LogP contribution in [0.15, 0.2) is 70.2 Å². The maximum atomic E-state index is 12.4. The number of nitrogens with one attached hydrogen (secondary N) is 1. The van der Waals surface area contributed by atoms with Crippen LogP contribution in [-0.2, 0) is 0 Å². The maximum absolute atomic E-state index is 12.4. The van der Waals surface area contributed by atoms with Crippen LogP contribution in [0.4, 0.5) is 0 Å². The topological polar surface area (TPSA) is 86.2 Å². The van der Waals surface area contributed by atoms with Gasteiger partial charge in [-0.1, -0.05) is 27.5 Å². The van der Waals surface area contributed by atoms with Crippen LogP contribution in [0.5, 0.6) is 17.2 Å². The molecule has 1 heterocycles. The fourth-order valence-corrected chi connectivity index (χ4v) is 3.23. The molecule has 0 saturated carbocycles. The summed E-state index contributed by atoms with van der Waals surface area (Å²) in [5.74, 6) is 0.396. The summed E-state index contributed by atoms with van der Waals surface area (Å²) in [6.45, 7) is 0.124. The van der Waals surface area contributed by atoms with Gasteiger partial charge in [0, 0.05) is 20.6 Å². The molecule has 1 aliphatic rings. The molecular weight excluding hydrogens is 488 g/mol. The maximum Gasteiger partial charge on any atom is 0.343 e. The van der Waals surface area contributed by atoms with Crippen LogP contribution in [0.3, 0.4) is 0 Å². The van der Waals surface area contributed by atoms with Gasteiger partial charge in [0.2, 0.25) is 6.79 Å². The van der Waals surface area contributed by atoms with Gasteiger partial charge < -0.3 is 14.2 Å². The van der Waals surface area contributed by atoms with Crippen LogP contribution in [0, 0.1) is 0 Å². The van der Waals surface area contributed by atoms with Crippen molar-refractivity contribution in [2.75, 3.05) is 6.79 Å². The number of halogens is 2. The minimum atomic E-state index is -0.543. The van der Waals surface area contributed by atoms with Gasteiger partial charge in [-0.15, -0.1) is 0 Å². The first-order chi connectivity index (χ1) is 15.0. The molecule has 1 aliphatic heterocycles. The number of hydrazone groups is 1. The Balaban J connectivity index is 1.47. The van der Waals surface area contributed by atoms with Crippen molar-refractivity contribution in [1.29, 1.82) is 0 Å². The zero-order valence-electron chi connectivity index (χ0n) is 15.8. The average molecular weight is 502 g/mol. The fourth-order valence-electron chi connectivity index (χ4n) is 2.72. The summed E-state index contributed by atoms with van der Waals surface area (Å²) in [5.41, 5.74) is 3.65. The second kappa shape index (κ2) is 9.20. The van der Waals surface area contributed by atoms with Gasteiger partial charge in [-0.05, 0) is 60.7 Å². The standard InChI is InChI=1S/C22H14BrClN2O5/c23-16-4-8-18(31-22(28)13-1-5-17(24)6-2-13)15(9-16)11-25-26-21(27)14-3-7-19-20(10-14)30-12-29-19/h1-11H,12H2,(H,26,27)/b25-11+. The molecule has 0 saturated heterocycles. The lowest BCUT2D eigenvalue weighted by Gasteiger charge is -2.08. The van der Waals surface area contributed by atoms with E-state index in [1.807, 2.05) is 0 Å². The highest BCUT2D eigenvalue weighted by Gasteiger charge is 2.16. The monoisotopic (exact) mass is 500 g/mol. The third-order valence-electron chi connectivity index (χ3n) is 4.26. The van der Waals surface area contributed by atoms with Crippen molar-refractivity contribution < 1.29 is 23.8 Å². The predicted molar refractivity (Wildman–Crippen MR) is 118 cm³/mol. The molecule has 3 aromatic carbocycles. The molecule has 0 bridgehead atoms. The van der Waals surface area contributed by atoms with E-state index in [-0.39, 0.29) is 12.5 Å². The Labute approximate surface area is 190 Å². The van der Waals surface area contributed by atoms with E-state index in [1.54, 1.807) is 60.7 Å². The molecule has 1 amide bonds. The Kier molecular flexibility index (Phi) is 6.20. The van der Waals surface area contributed by atoms with Crippen molar-refractivity contribution in [2.45, 2.75) is 0 Å². The van der Waals surface area contributed by atoms with Crippen LogP contribution in [0.2, 0.25) is 5.02 Å². The molecule has 3 aromatic rings. The van der Waals surface area contributed by atoms with Crippen molar-refractivity contribution in [3.63, 3.8) is 0 Å². The Morgan fingerprint density at radius 1 is 1.00 bits per heavy atom. The van der Waals surface area contributed by atoms with Gasteiger partial charge in [0.1, 0.15) is 5.75 Å². The number of carbonyl (C=O) groups is 2. The highest BCUT2D eigenvalue weighted by atomic mass is 79.9. The number of benzene rings is 3. The highest BCUT2D eigenvalue weighted by Crippen LogP contribution is 2.32. The lowest BCUT2D eigenvalue weighted by atomic mass is 10.2. The lowest BCUT2D eigenvalue weighted by Crippen LogP contribution is -2.17. The van der Waals surface area contributed by atoms with Gasteiger partial charge in [-0.2, -0.15) is 5.10 Å². The fraction of sp³-hybridized carbons (Fsp3) is 0.0455. The zero-order valence-corrected chi connectivity index (χ0v) is 18.1. The number of hydrogen-bond acceptors (Lipinski definition) is 6. The summed E-state index contributed by atoms with van der Waals surface area (Å²) in [5, 5.41) is 4.50. The molecule has 156 valence electrons. The predicted octanol–water partition coefficient (Wildman–Crippen LogP) is 4.81. The molecule has 0 radical (unpaired) electrons. The molecule has 9 heteroatoms. The summed E-state index contributed by atoms with van der Waals surface area (Å²) in [6, 6.07) is 16.3. The Morgan fingerprint density at radius 2 is 1.74 bits per heavy atom. The summed E-state index contributed by atoms with van der Waals surface area (Å²) >= 11 is 9.22. The van der Waals surface area contributed by atoms with Gasteiger partial charge in [-0.3, -0.25) is 4.79 Å². The van der Waals surface area contributed by atoms with Crippen molar-refractivity contribution in [3.05, 3.63) is 86.8 Å². The van der Waals surface area contributed by atoms with Gasteiger partial charge in [0.05, 0.1) is 11.8 Å². The highest BCUT2D eigenvalue weighted by molar-refractivity contribution is 9.10. The van der Waals surface area contributed by atoms with E-state index in [0.717, 1.165) is 4.47 Å². The van der Waals surface area contributed by atoms with Crippen LogP contribution < -0.4 is 19.6 Å². The second-order valence-electron chi connectivity index (χ2n) is 6.35. The van der Waals surface area contributed by atoms with Gasteiger partial charge >= 0.3 is 5.97 Å². The number of ether oxygens (including phenoxy) is 3. The normalized spacial score (nSPS) is 12.1. The molecule has 1 N–H and O–H groups in total. The quantitative estimate of drug-likeness (QED) is 0.235. The summed E-state index contributed by atoms with van der Waals surface area (Å²) < 4.78 is 16.7. The number of rotatable bonds is 5. The number of nitrogens with zero attached hydrogens (tertiary/aromatic N) is 1. The van der Waals surface area contributed by atoms with Gasteiger partial charge in [-0.25, -0.2) is 10.2 Å². The summed E-state index contributed by atoms with van der Waals surface area (Å²) in [6.07, 6.45) is 1.39. The summed E-state index contributed by atoms with van der Waals surface area (Å²) in [7, 11) is 0. The van der Waals surface area contributed by atoms with E-state index in [0.29, 0.717) is 33.2 Å². The van der Waals surface area contributed by atoms with Crippen LogP contribution in [-0.4, -0.2) is 24.9 Å². The molecule has 7 nitrogen and oxygen atoms in total. The molecule has 0 unspecified atom stereocenters. The van der Waals surface area contributed by atoms with Crippen LogP contribution >= 0.6 is 27.5 Å². The number of hydrogen-bond donors (Lipinski definition) is 1. The molecule has 0 atom stereocenters. The molecule has 31 heavy (non-hydrogen) atoms. The molecule has 0 fully saturated rings. The van der Waals surface area contributed by atoms with E-state index in [1.165, 1.54) is 6.21 Å². The van der Waals surface area contributed by atoms with E-state index < -0.39 is 11.9 Å². The Morgan fingerprint density at radius 3 is 2.55 bits per heavy atom. The lowest BCUT2D eigenvalue weighted by molar-refractivity contribution is 0.0734. The molecule has 0 aromatic heterocycles. The first-order valence-electron chi connectivity index (χ1n) is 9.00. The summed E-state index contributed by atoms with van der Waals surface area (Å²) in [4.78, 5) is 24.8. The SMILES string of the molecule is O=C(N/N=C/c1cc(Br)ccc1OC(=O)c1ccc(Cl)cc1)c1ccc2c(c1)OCO2. The van der Waals surface area contributed by atoms with E-state index in [4.69, 9.17) is 25.8 Å². The third kappa shape index (κ3) is 5.04. The molecule has 4 rings (SSSR count). The molecular formula is C22H14BrClN2O5. The van der Waals surface area contributed by atoms with Crippen LogP contribution in [0.1, 0.15) is 26.3 Å². The van der Waals surface area contributed by atoms with Gasteiger partial charge in [0.15, 0.2) is 11.5 Å². The second-order valence-corrected chi connectivity index (χ2v) is 7.70. The first kappa shape index (κ1) is 20.9. The third-order valence-corrected chi connectivity index (χ3v) is 5.00. The molecule has 0 aliphatic carbocycles. The average Bonchev–Trinajstić information content (AvgIpc) is 3.23. The largest absolute Gasteiger partial charge is 0.454 e. The zero-order chi connectivity index (χ0) is 21.8. The number of fused-ring (bicyclic) bond motifs is 1. The van der Waals surface area contributed by atoms with Gasteiger partial charge in [0.25, 0.3) is 5.91 Å². The van der Waals surface area contributed by atoms with E-state index in [9.17, 15) is 9.59 Å². The minimum absolute atomic E-state index is 0.124. The van der Waals surface area contributed by atoms with Crippen LogP contribution in [0.25, 0.3) is 0 Å². The van der Waals surface area contributed by atoms with Crippen molar-refractivity contribution in [2.24, 2.45) is 5.10 Å².